The molecule has 1 amide bonds. The molecular formula is C14H21N3O3S. The number of amides is 1. The summed E-state index contributed by atoms with van der Waals surface area (Å²) >= 11 is 1.40. The predicted octanol–water partition coefficient (Wildman–Crippen LogP) is 1.67. The topological polar surface area (TPSA) is 71.5 Å². The Hall–Kier alpha value is -1.63. The van der Waals surface area contributed by atoms with E-state index in [-0.39, 0.29) is 24.3 Å². The van der Waals surface area contributed by atoms with Crippen LogP contribution < -0.4 is 5.32 Å². The first-order valence-electron chi connectivity index (χ1n) is 7.25. The Kier molecular flexibility index (Phi) is 5.55. The first-order valence-corrected chi connectivity index (χ1v) is 8.13. The first-order chi connectivity index (χ1) is 10.1. The molecule has 7 heteroatoms. The van der Waals surface area contributed by atoms with E-state index in [0.717, 1.165) is 25.9 Å². The highest BCUT2D eigenvalue weighted by Crippen LogP contribution is 2.18. The highest BCUT2D eigenvalue weighted by molar-refractivity contribution is 7.13. The molecule has 1 aromatic rings. The molecule has 1 aliphatic heterocycles. The Labute approximate surface area is 128 Å². The van der Waals surface area contributed by atoms with Crippen LogP contribution in [0, 0.1) is 0 Å². The highest BCUT2D eigenvalue weighted by atomic mass is 32.1. The lowest BCUT2D eigenvalue weighted by molar-refractivity contribution is -0.142. The number of hydrogen-bond acceptors (Lipinski definition) is 6. The maximum Gasteiger partial charge on any atom is 0.311 e. The van der Waals surface area contributed by atoms with E-state index in [2.05, 4.69) is 10.3 Å². The number of esters is 1. The van der Waals surface area contributed by atoms with Crippen molar-refractivity contribution in [3.8, 4) is 0 Å². The number of aromatic nitrogens is 1. The van der Waals surface area contributed by atoms with Crippen molar-refractivity contribution in [3.63, 3.8) is 0 Å². The quantitative estimate of drug-likeness (QED) is 0.809. The van der Waals surface area contributed by atoms with E-state index in [1.807, 2.05) is 17.2 Å². The molecule has 1 unspecified atom stereocenters. The first kappa shape index (κ1) is 15.8. The van der Waals surface area contributed by atoms with Gasteiger partial charge in [-0.3, -0.25) is 9.59 Å². The zero-order valence-corrected chi connectivity index (χ0v) is 13.2. The van der Waals surface area contributed by atoms with E-state index in [0.29, 0.717) is 17.4 Å². The summed E-state index contributed by atoms with van der Waals surface area (Å²) in [5.74, 6) is -0.176. The van der Waals surface area contributed by atoms with Gasteiger partial charge in [0.1, 0.15) is 6.04 Å². The minimum atomic E-state index is -0.301. The second-order valence-electron chi connectivity index (χ2n) is 5.02. The molecule has 1 saturated heterocycles. The number of rotatable bonds is 6. The van der Waals surface area contributed by atoms with Crippen LogP contribution in [0.5, 0.6) is 0 Å². The lowest BCUT2D eigenvalue weighted by atomic mass is 10.3. The lowest BCUT2D eigenvalue weighted by Crippen LogP contribution is -2.39. The molecule has 116 valence electrons. The van der Waals surface area contributed by atoms with E-state index in [1.54, 1.807) is 6.92 Å². The van der Waals surface area contributed by atoms with Gasteiger partial charge in [-0.25, -0.2) is 4.98 Å². The van der Waals surface area contributed by atoms with Crippen LogP contribution in [0.3, 0.4) is 0 Å². The molecule has 1 N–H and O–H groups in total. The largest absolute Gasteiger partial charge is 0.466 e. The van der Waals surface area contributed by atoms with Crippen molar-refractivity contribution in [2.45, 2.75) is 39.2 Å². The van der Waals surface area contributed by atoms with Gasteiger partial charge >= 0.3 is 5.97 Å². The minimum absolute atomic E-state index is 0.106. The molecule has 2 rings (SSSR count). The number of thiazole rings is 1. The van der Waals surface area contributed by atoms with Gasteiger partial charge in [0.15, 0.2) is 5.13 Å². The fourth-order valence-corrected chi connectivity index (χ4v) is 3.07. The molecule has 0 radical (unpaired) electrons. The number of ether oxygens (including phenoxy) is 1. The molecule has 0 saturated carbocycles. The van der Waals surface area contributed by atoms with E-state index in [4.69, 9.17) is 4.74 Å². The number of nitrogens with one attached hydrogen (secondary N) is 1. The van der Waals surface area contributed by atoms with E-state index < -0.39 is 0 Å². The van der Waals surface area contributed by atoms with Crippen molar-refractivity contribution in [1.29, 1.82) is 0 Å². The Morgan fingerprint density at radius 2 is 2.19 bits per heavy atom. The third-order valence-electron chi connectivity index (χ3n) is 3.31. The van der Waals surface area contributed by atoms with Crippen molar-refractivity contribution in [2.24, 2.45) is 0 Å². The number of carbonyl (C=O) groups is 2. The van der Waals surface area contributed by atoms with Crippen LogP contribution in [0.2, 0.25) is 0 Å². The summed E-state index contributed by atoms with van der Waals surface area (Å²) in [5.41, 5.74) is 0.668. The molecule has 2 heterocycles. The van der Waals surface area contributed by atoms with Gasteiger partial charge in [-0.05, 0) is 26.7 Å². The van der Waals surface area contributed by atoms with Crippen LogP contribution in [0.1, 0.15) is 32.4 Å². The second kappa shape index (κ2) is 7.40. The van der Waals surface area contributed by atoms with E-state index in [9.17, 15) is 9.59 Å². The molecule has 1 aromatic heterocycles. The Morgan fingerprint density at radius 1 is 1.48 bits per heavy atom. The maximum atomic E-state index is 12.2. The summed E-state index contributed by atoms with van der Waals surface area (Å²) in [4.78, 5) is 29.8. The number of hydrogen-bond donors (Lipinski definition) is 1. The third-order valence-corrected chi connectivity index (χ3v) is 4.13. The van der Waals surface area contributed by atoms with Crippen molar-refractivity contribution >= 4 is 28.3 Å². The summed E-state index contributed by atoms with van der Waals surface area (Å²) in [6.45, 7) is 5.67. The predicted molar refractivity (Wildman–Crippen MR) is 81.3 cm³/mol. The molecular weight excluding hydrogens is 290 g/mol. The lowest BCUT2D eigenvalue weighted by Gasteiger charge is -2.20. The zero-order chi connectivity index (χ0) is 15.2. The SMILES string of the molecule is CCOC(=O)Cc1csc(NC(C)C(=O)N2CCCC2)n1. The summed E-state index contributed by atoms with van der Waals surface area (Å²) in [7, 11) is 0. The second-order valence-corrected chi connectivity index (χ2v) is 5.88. The van der Waals surface area contributed by atoms with Gasteiger partial charge in [0, 0.05) is 18.5 Å². The molecule has 0 spiro atoms. The molecule has 6 nitrogen and oxygen atoms in total. The number of likely N-dealkylation sites (tertiary alicyclic amines) is 1. The fourth-order valence-electron chi connectivity index (χ4n) is 2.27. The summed E-state index contributed by atoms with van der Waals surface area (Å²) in [5, 5.41) is 5.58. The van der Waals surface area contributed by atoms with E-state index in [1.165, 1.54) is 11.3 Å². The van der Waals surface area contributed by atoms with Crippen LogP contribution >= 0.6 is 11.3 Å². The minimum Gasteiger partial charge on any atom is -0.466 e. The van der Waals surface area contributed by atoms with Crippen molar-refractivity contribution in [2.75, 3.05) is 25.0 Å². The van der Waals surface area contributed by atoms with Crippen LogP contribution in [0.4, 0.5) is 5.13 Å². The molecule has 1 atom stereocenters. The van der Waals surface area contributed by atoms with Crippen molar-refractivity contribution in [1.82, 2.24) is 9.88 Å². The normalized spacial score (nSPS) is 15.8. The average molecular weight is 311 g/mol. The monoisotopic (exact) mass is 311 g/mol. The molecule has 0 aromatic carbocycles. The van der Waals surface area contributed by atoms with Gasteiger partial charge in [0.2, 0.25) is 5.91 Å². The van der Waals surface area contributed by atoms with Gasteiger partial charge in [-0.2, -0.15) is 0 Å². The van der Waals surface area contributed by atoms with E-state index >= 15 is 0 Å². The standard InChI is InChI=1S/C14H21N3O3S/c1-3-20-12(18)8-11-9-21-14(16-11)15-10(2)13(19)17-6-4-5-7-17/h9-10H,3-8H2,1-2H3,(H,15,16). The van der Waals surface area contributed by atoms with Gasteiger partial charge in [-0.1, -0.05) is 0 Å². The zero-order valence-electron chi connectivity index (χ0n) is 12.4. The van der Waals surface area contributed by atoms with Gasteiger partial charge in [-0.15, -0.1) is 11.3 Å². The Bertz CT molecular complexity index is 497. The van der Waals surface area contributed by atoms with Crippen LogP contribution in [-0.2, 0) is 20.7 Å². The van der Waals surface area contributed by atoms with Crippen LogP contribution in [0.25, 0.3) is 0 Å². The molecule has 1 fully saturated rings. The highest BCUT2D eigenvalue weighted by Gasteiger charge is 2.23. The van der Waals surface area contributed by atoms with Gasteiger partial charge in [0.05, 0.1) is 18.7 Å². The summed E-state index contributed by atoms with van der Waals surface area (Å²) in [6, 6.07) is -0.301. The number of anilines is 1. The fraction of sp³-hybridized carbons (Fsp3) is 0.643. The smallest absolute Gasteiger partial charge is 0.311 e. The van der Waals surface area contributed by atoms with Crippen LogP contribution in [-0.4, -0.2) is 47.5 Å². The third kappa shape index (κ3) is 4.42. The number of nitrogens with zero attached hydrogens (tertiary/aromatic N) is 2. The molecule has 0 bridgehead atoms. The maximum absolute atomic E-state index is 12.2. The van der Waals surface area contributed by atoms with Crippen molar-refractivity contribution in [3.05, 3.63) is 11.1 Å². The van der Waals surface area contributed by atoms with Crippen molar-refractivity contribution < 1.29 is 14.3 Å². The van der Waals surface area contributed by atoms with Crippen LogP contribution in [0.15, 0.2) is 5.38 Å². The molecule has 0 aliphatic carbocycles. The molecule has 21 heavy (non-hydrogen) atoms. The Morgan fingerprint density at radius 3 is 2.86 bits per heavy atom. The average Bonchev–Trinajstić information content (AvgIpc) is 3.10. The molecule has 1 aliphatic rings. The van der Waals surface area contributed by atoms with Gasteiger partial charge in [0.25, 0.3) is 0 Å². The van der Waals surface area contributed by atoms with Gasteiger partial charge < -0.3 is 15.0 Å². The Balaban J connectivity index is 1.86. The summed E-state index contributed by atoms with van der Waals surface area (Å²) in [6.07, 6.45) is 2.33. The number of carbonyl (C=O) groups excluding carboxylic acids is 2. The summed E-state index contributed by atoms with van der Waals surface area (Å²) < 4.78 is 4.89.